The van der Waals surface area contributed by atoms with Crippen LogP contribution in [0.5, 0.6) is 5.75 Å². The van der Waals surface area contributed by atoms with Crippen LogP contribution in [0.3, 0.4) is 0 Å². The zero-order valence-corrected chi connectivity index (χ0v) is 16.9. The number of amides is 1. The summed E-state index contributed by atoms with van der Waals surface area (Å²) in [6, 6.07) is 5.76. The first-order valence-electron chi connectivity index (χ1n) is 9.97. The van der Waals surface area contributed by atoms with Crippen molar-refractivity contribution in [3.63, 3.8) is 0 Å². The fourth-order valence-corrected chi connectivity index (χ4v) is 3.46. The van der Waals surface area contributed by atoms with E-state index in [-0.39, 0.29) is 24.8 Å². The van der Waals surface area contributed by atoms with E-state index in [4.69, 9.17) is 4.74 Å². The molecule has 1 N–H and O–H groups in total. The Labute approximate surface area is 181 Å². The van der Waals surface area contributed by atoms with E-state index < -0.39 is 18.9 Å². The van der Waals surface area contributed by atoms with Crippen LogP contribution in [-0.4, -0.2) is 63.0 Å². The van der Waals surface area contributed by atoms with Crippen molar-refractivity contribution in [2.24, 2.45) is 5.92 Å². The summed E-state index contributed by atoms with van der Waals surface area (Å²) in [5, 5.41) is 10.9. The Morgan fingerprint density at radius 2 is 2.09 bits per heavy atom. The summed E-state index contributed by atoms with van der Waals surface area (Å²) < 4.78 is 50.3. The van der Waals surface area contributed by atoms with Gasteiger partial charge in [0, 0.05) is 31.4 Å². The number of anilines is 1. The van der Waals surface area contributed by atoms with E-state index in [2.05, 4.69) is 25.2 Å². The Bertz CT molecular complexity index is 1050. The number of piperidine rings is 1. The normalized spacial score (nSPS) is 18.7. The van der Waals surface area contributed by atoms with Crippen LogP contribution in [0, 0.1) is 5.92 Å². The van der Waals surface area contributed by atoms with Crippen molar-refractivity contribution in [3.8, 4) is 5.75 Å². The van der Waals surface area contributed by atoms with Crippen LogP contribution in [0.15, 0.2) is 43.0 Å². The van der Waals surface area contributed by atoms with Gasteiger partial charge in [-0.25, -0.2) is 14.2 Å². The number of nitrogens with zero attached hydrogens (tertiary/aromatic N) is 5. The van der Waals surface area contributed by atoms with Crippen molar-refractivity contribution >= 4 is 17.6 Å². The second kappa shape index (κ2) is 9.71. The van der Waals surface area contributed by atoms with Gasteiger partial charge in [-0.1, -0.05) is 12.1 Å². The minimum Gasteiger partial charge on any atom is -0.445 e. The molecule has 0 bridgehead atoms. The summed E-state index contributed by atoms with van der Waals surface area (Å²) in [5.74, 6) is 0.233. The molecule has 4 rings (SSSR count). The lowest BCUT2D eigenvalue weighted by Crippen LogP contribution is -2.46. The molecule has 1 aromatic carbocycles. The van der Waals surface area contributed by atoms with Gasteiger partial charge in [0.1, 0.15) is 24.9 Å². The molecule has 12 heteroatoms. The number of alkyl halides is 3. The minimum absolute atomic E-state index is 0.0153. The predicted molar refractivity (Wildman–Crippen MR) is 107 cm³/mol. The molecule has 2 atom stereocenters. The smallest absolute Gasteiger partial charge is 0.410 e. The number of carbonyl (C=O) groups is 1. The molecule has 170 valence electrons. The van der Waals surface area contributed by atoms with Gasteiger partial charge >= 0.3 is 12.7 Å². The molecule has 1 saturated heterocycles. The third-order valence-electron chi connectivity index (χ3n) is 5.19. The standard InChI is InChI=1S/C20H21F3N6O3/c21-16-10-28(20(30)31-11-13-1-3-15(4-2-13)32-19(22)23)7-5-14(16)9-25-17-18-27-26-12-29(18)8-6-24-17/h1-4,6,8,12,14,16,19H,5,7,9-11H2,(H,24,25). The van der Waals surface area contributed by atoms with Crippen LogP contribution in [-0.2, 0) is 11.3 Å². The number of fused-ring (bicyclic) bond motifs is 1. The van der Waals surface area contributed by atoms with Gasteiger partial charge in [0.15, 0.2) is 5.82 Å². The average molecular weight is 450 g/mol. The monoisotopic (exact) mass is 450 g/mol. The van der Waals surface area contributed by atoms with Crippen molar-refractivity contribution in [1.29, 1.82) is 0 Å². The molecule has 0 radical (unpaired) electrons. The number of hydrogen-bond acceptors (Lipinski definition) is 7. The Morgan fingerprint density at radius 3 is 2.84 bits per heavy atom. The van der Waals surface area contributed by atoms with Gasteiger partial charge in [0.2, 0.25) is 5.65 Å². The second-order valence-corrected chi connectivity index (χ2v) is 7.31. The summed E-state index contributed by atoms with van der Waals surface area (Å²) in [7, 11) is 0. The van der Waals surface area contributed by atoms with E-state index in [9.17, 15) is 18.0 Å². The molecule has 0 spiro atoms. The largest absolute Gasteiger partial charge is 0.445 e. The molecule has 1 aliphatic rings. The van der Waals surface area contributed by atoms with E-state index in [0.29, 0.717) is 36.5 Å². The first kappa shape index (κ1) is 21.7. The van der Waals surface area contributed by atoms with Crippen molar-refractivity contribution in [3.05, 3.63) is 48.5 Å². The first-order chi connectivity index (χ1) is 15.5. The van der Waals surface area contributed by atoms with E-state index in [1.807, 2.05) is 0 Å². The number of benzene rings is 1. The molecular formula is C20H21F3N6O3. The lowest BCUT2D eigenvalue weighted by molar-refractivity contribution is -0.0498. The Morgan fingerprint density at radius 1 is 1.28 bits per heavy atom. The number of carbonyl (C=O) groups excluding carboxylic acids is 1. The minimum atomic E-state index is -2.90. The fraction of sp³-hybridized carbons (Fsp3) is 0.400. The Hall–Kier alpha value is -3.57. The fourth-order valence-electron chi connectivity index (χ4n) is 3.46. The van der Waals surface area contributed by atoms with E-state index in [1.54, 1.807) is 23.1 Å². The van der Waals surface area contributed by atoms with Gasteiger partial charge < -0.3 is 19.7 Å². The summed E-state index contributed by atoms with van der Waals surface area (Å²) in [6.45, 7) is -2.33. The highest BCUT2D eigenvalue weighted by Gasteiger charge is 2.32. The number of rotatable bonds is 7. The lowest BCUT2D eigenvalue weighted by atomic mass is 9.95. The number of aromatic nitrogens is 4. The average Bonchev–Trinajstić information content (AvgIpc) is 3.27. The number of likely N-dealkylation sites (tertiary alicyclic amines) is 1. The van der Waals surface area contributed by atoms with Crippen LogP contribution >= 0.6 is 0 Å². The Balaban J connectivity index is 1.24. The van der Waals surface area contributed by atoms with Crippen LogP contribution in [0.2, 0.25) is 0 Å². The van der Waals surface area contributed by atoms with Gasteiger partial charge in [-0.3, -0.25) is 4.40 Å². The maximum atomic E-state index is 14.7. The summed E-state index contributed by atoms with van der Waals surface area (Å²) in [5.41, 5.74) is 1.16. The van der Waals surface area contributed by atoms with Gasteiger partial charge in [0.05, 0.1) is 6.54 Å². The molecule has 2 aromatic heterocycles. The highest BCUT2D eigenvalue weighted by atomic mass is 19.3. The van der Waals surface area contributed by atoms with E-state index >= 15 is 0 Å². The molecule has 0 aliphatic carbocycles. The number of hydrogen-bond donors (Lipinski definition) is 1. The molecule has 32 heavy (non-hydrogen) atoms. The molecule has 3 heterocycles. The van der Waals surface area contributed by atoms with Crippen LogP contribution in [0.4, 0.5) is 23.8 Å². The highest BCUT2D eigenvalue weighted by Crippen LogP contribution is 2.23. The van der Waals surface area contributed by atoms with Gasteiger partial charge in [-0.15, -0.1) is 10.2 Å². The number of ether oxygens (including phenoxy) is 2. The maximum absolute atomic E-state index is 14.7. The molecular weight excluding hydrogens is 429 g/mol. The third kappa shape index (κ3) is 5.18. The zero-order chi connectivity index (χ0) is 22.5. The van der Waals surface area contributed by atoms with Crippen LogP contribution in [0.25, 0.3) is 5.65 Å². The van der Waals surface area contributed by atoms with Crippen LogP contribution < -0.4 is 10.1 Å². The van der Waals surface area contributed by atoms with Gasteiger partial charge in [-0.05, 0) is 24.1 Å². The molecule has 0 saturated carbocycles. The molecule has 1 aliphatic heterocycles. The van der Waals surface area contributed by atoms with Crippen molar-refractivity contribution in [1.82, 2.24) is 24.5 Å². The maximum Gasteiger partial charge on any atom is 0.410 e. The molecule has 1 amide bonds. The van der Waals surface area contributed by atoms with E-state index in [0.717, 1.165) is 0 Å². The molecule has 1 fully saturated rings. The number of nitrogens with one attached hydrogen (secondary N) is 1. The van der Waals surface area contributed by atoms with Gasteiger partial charge in [0.25, 0.3) is 0 Å². The van der Waals surface area contributed by atoms with Gasteiger partial charge in [-0.2, -0.15) is 8.78 Å². The molecule has 3 aromatic rings. The highest BCUT2D eigenvalue weighted by molar-refractivity contribution is 5.68. The van der Waals surface area contributed by atoms with E-state index in [1.165, 1.54) is 29.2 Å². The first-order valence-corrected chi connectivity index (χ1v) is 9.97. The Kier molecular flexibility index (Phi) is 6.57. The van der Waals surface area contributed by atoms with Crippen LogP contribution in [0.1, 0.15) is 12.0 Å². The van der Waals surface area contributed by atoms with Crippen molar-refractivity contribution < 1.29 is 27.4 Å². The summed E-state index contributed by atoms with van der Waals surface area (Å²) in [4.78, 5) is 17.8. The topological polar surface area (TPSA) is 93.9 Å². The lowest BCUT2D eigenvalue weighted by Gasteiger charge is -2.34. The summed E-state index contributed by atoms with van der Waals surface area (Å²) in [6.07, 6.45) is 3.47. The predicted octanol–water partition coefficient (Wildman–Crippen LogP) is 3.13. The number of halogens is 3. The zero-order valence-electron chi connectivity index (χ0n) is 16.9. The third-order valence-corrected chi connectivity index (χ3v) is 5.19. The summed E-state index contributed by atoms with van der Waals surface area (Å²) >= 11 is 0. The second-order valence-electron chi connectivity index (χ2n) is 7.31. The quantitative estimate of drug-likeness (QED) is 0.591. The van der Waals surface area contributed by atoms with Crippen molar-refractivity contribution in [2.45, 2.75) is 25.8 Å². The molecule has 2 unspecified atom stereocenters. The van der Waals surface area contributed by atoms with Crippen molar-refractivity contribution in [2.75, 3.05) is 25.0 Å². The SMILES string of the molecule is O=C(OCc1ccc(OC(F)F)cc1)N1CCC(CNc2nccn3cnnc23)C(F)C1. The molecule has 9 nitrogen and oxygen atoms in total.